The number of aliphatic hydroxyl groups excluding tert-OH is 2. The van der Waals surface area contributed by atoms with Gasteiger partial charge in [0.25, 0.3) is 0 Å². The Morgan fingerprint density at radius 2 is 1.03 bits per heavy atom. The molecule has 0 amide bonds. The minimum atomic E-state index is -0.0425. The van der Waals surface area contributed by atoms with Crippen molar-refractivity contribution in [3.8, 4) is 22.6 Å². The number of rotatable bonds is 10. The zero-order chi connectivity index (χ0) is 22.9. The van der Waals surface area contributed by atoms with E-state index in [0.717, 1.165) is 28.2 Å². The molecule has 0 radical (unpaired) electrons. The fourth-order valence-corrected chi connectivity index (χ4v) is 3.63. The first-order chi connectivity index (χ1) is 16.3. The number of hydrogen-bond donors (Lipinski definition) is 2. The van der Waals surface area contributed by atoms with Gasteiger partial charge in [0.15, 0.2) is 0 Å². The highest BCUT2D eigenvalue weighted by atomic mass is 16.5. The fraction of sp³-hybridized carbons (Fsp3) is 0.143. The van der Waals surface area contributed by atoms with E-state index < -0.39 is 0 Å². The van der Waals surface area contributed by atoms with E-state index in [1.807, 2.05) is 66.7 Å². The Hall–Kier alpha value is -3.80. The normalized spacial score (nSPS) is 10.6. The van der Waals surface area contributed by atoms with Gasteiger partial charge in [0.2, 0.25) is 0 Å². The molecule has 0 aliphatic heterocycles. The molecule has 5 heteroatoms. The molecule has 0 fully saturated rings. The van der Waals surface area contributed by atoms with Crippen LogP contribution in [0.3, 0.4) is 0 Å². The monoisotopic (exact) mass is 441 g/mol. The lowest BCUT2D eigenvalue weighted by atomic mass is 10.0. The number of hydrogen-bond acceptors (Lipinski definition) is 5. The maximum atomic E-state index is 9.12. The summed E-state index contributed by atoms with van der Waals surface area (Å²) in [6, 6.07) is 34.2. The number of ether oxygens (including phenoxy) is 2. The summed E-state index contributed by atoms with van der Waals surface area (Å²) in [6.45, 7) is 0.387. The molecule has 0 saturated carbocycles. The van der Waals surface area contributed by atoms with Gasteiger partial charge in [0.05, 0.1) is 13.2 Å². The SMILES string of the molecule is OCCOc1cccc(N(c2ccc(-c3ccccc3)cc2)c2cccc(OCCO)c2)c1. The van der Waals surface area contributed by atoms with Crippen LogP contribution in [0.1, 0.15) is 0 Å². The second-order valence-electron chi connectivity index (χ2n) is 7.39. The summed E-state index contributed by atoms with van der Waals surface area (Å²) < 4.78 is 11.3. The van der Waals surface area contributed by atoms with E-state index in [9.17, 15) is 0 Å². The van der Waals surface area contributed by atoms with Crippen molar-refractivity contribution < 1.29 is 19.7 Å². The van der Waals surface area contributed by atoms with Gasteiger partial charge in [-0.3, -0.25) is 0 Å². The molecule has 0 bridgehead atoms. The van der Waals surface area contributed by atoms with Crippen LogP contribution in [0.25, 0.3) is 11.1 Å². The lowest BCUT2D eigenvalue weighted by Gasteiger charge is -2.26. The van der Waals surface area contributed by atoms with Gasteiger partial charge in [0.1, 0.15) is 24.7 Å². The van der Waals surface area contributed by atoms with Crippen molar-refractivity contribution in [1.82, 2.24) is 0 Å². The van der Waals surface area contributed by atoms with Crippen molar-refractivity contribution in [2.24, 2.45) is 0 Å². The van der Waals surface area contributed by atoms with Gasteiger partial charge >= 0.3 is 0 Å². The van der Waals surface area contributed by atoms with E-state index in [0.29, 0.717) is 11.5 Å². The molecule has 0 aromatic heterocycles. The fourth-order valence-electron chi connectivity index (χ4n) is 3.63. The second-order valence-corrected chi connectivity index (χ2v) is 7.39. The third kappa shape index (κ3) is 5.71. The van der Waals surface area contributed by atoms with Crippen molar-refractivity contribution in [3.05, 3.63) is 103 Å². The lowest BCUT2D eigenvalue weighted by Crippen LogP contribution is -2.11. The summed E-state index contributed by atoms with van der Waals surface area (Å²) in [5.41, 5.74) is 5.11. The predicted molar refractivity (Wildman–Crippen MR) is 132 cm³/mol. The second kappa shape index (κ2) is 11.2. The molecule has 0 aliphatic rings. The summed E-state index contributed by atoms with van der Waals surface area (Å²) in [7, 11) is 0. The molecule has 0 spiro atoms. The first-order valence-electron chi connectivity index (χ1n) is 10.9. The number of nitrogens with zero attached hydrogens (tertiary/aromatic N) is 1. The molecule has 4 aromatic rings. The molecular formula is C28H27NO4. The van der Waals surface area contributed by atoms with Crippen LogP contribution in [0.4, 0.5) is 17.1 Å². The van der Waals surface area contributed by atoms with Gasteiger partial charge in [-0.15, -0.1) is 0 Å². The summed E-state index contributed by atoms with van der Waals surface area (Å²) in [6.07, 6.45) is 0. The smallest absolute Gasteiger partial charge is 0.121 e. The van der Waals surface area contributed by atoms with Crippen molar-refractivity contribution in [3.63, 3.8) is 0 Å². The van der Waals surface area contributed by atoms with Crippen molar-refractivity contribution in [2.75, 3.05) is 31.3 Å². The van der Waals surface area contributed by atoms with Crippen LogP contribution in [0.2, 0.25) is 0 Å². The Bertz CT molecular complexity index is 1090. The largest absolute Gasteiger partial charge is 0.491 e. The molecule has 4 rings (SSSR count). The minimum absolute atomic E-state index is 0.0425. The Morgan fingerprint density at radius 1 is 0.515 bits per heavy atom. The predicted octanol–water partition coefficient (Wildman–Crippen LogP) is 5.57. The molecule has 0 unspecified atom stereocenters. The summed E-state index contributed by atoms with van der Waals surface area (Å²) >= 11 is 0. The van der Waals surface area contributed by atoms with Crippen LogP contribution in [0.15, 0.2) is 103 Å². The van der Waals surface area contributed by atoms with Gasteiger partial charge in [-0.1, -0.05) is 54.6 Å². The molecule has 2 N–H and O–H groups in total. The quantitative estimate of drug-likeness (QED) is 0.337. The maximum absolute atomic E-state index is 9.12. The van der Waals surface area contributed by atoms with Crippen LogP contribution >= 0.6 is 0 Å². The van der Waals surface area contributed by atoms with Gasteiger partial charge in [-0.2, -0.15) is 0 Å². The van der Waals surface area contributed by atoms with Crippen LogP contribution < -0.4 is 14.4 Å². The van der Waals surface area contributed by atoms with Gasteiger partial charge in [-0.25, -0.2) is 0 Å². The van der Waals surface area contributed by atoms with Gasteiger partial charge in [0, 0.05) is 29.2 Å². The van der Waals surface area contributed by atoms with Crippen LogP contribution in [-0.4, -0.2) is 36.6 Å². The topological polar surface area (TPSA) is 62.2 Å². The molecule has 0 heterocycles. The maximum Gasteiger partial charge on any atom is 0.121 e. The highest BCUT2D eigenvalue weighted by Gasteiger charge is 2.14. The molecule has 4 aromatic carbocycles. The minimum Gasteiger partial charge on any atom is -0.491 e. The highest BCUT2D eigenvalue weighted by Crippen LogP contribution is 2.38. The Balaban J connectivity index is 1.73. The standard InChI is InChI=1S/C28H27NO4/c30-16-18-32-27-10-4-8-25(20-27)29(26-9-5-11-28(21-26)33-19-17-31)24-14-12-23(13-15-24)22-6-2-1-3-7-22/h1-15,20-21,30-31H,16-19H2. The van der Waals surface area contributed by atoms with Crippen molar-refractivity contribution in [1.29, 1.82) is 0 Å². The number of benzene rings is 4. The molecule has 5 nitrogen and oxygen atoms in total. The van der Waals surface area contributed by atoms with E-state index in [-0.39, 0.29) is 26.4 Å². The average Bonchev–Trinajstić information content (AvgIpc) is 2.88. The molecule has 0 atom stereocenters. The van der Waals surface area contributed by atoms with Crippen molar-refractivity contribution >= 4 is 17.1 Å². The van der Waals surface area contributed by atoms with Crippen LogP contribution in [0.5, 0.6) is 11.5 Å². The highest BCUT2D eigenvalue weighted by molar-refractivity contribution is 5.79. The first-order valence-corrected chi connectivity index (χ1v) is 10.9. The van der Waals surface area contributed by atoms with E-state index in [1.54, 1.807) is 0 Å². The van der Waals surface area contributed by atoms with E-state index in [2.05, 4.69) is 41.3 Å². The molecule has 33 heavy (non-hydrogen) atoms. The Labute approximate surface area is 194 Å². The molecule has 168 valence electrons. The molecule has 0 aliphatic carbocycles. The van der Waals surface area contributed by atoms with Crippen molar-refractivity contribution in [2.45, 2.75) is 0 Å². The third-order valence-corrected chi connectivity index (χ3v) is 5.10. The molecule has 0 saturated heterocycles. The van der Waals surface area contributed by atoms with E-state index >= 15 is 0 Å². The Morgan fingerprint density at radius 3 is 1.55 bits per heavy atom. The van der Waals surface area contributed by atoms with Gasteiger partial charge in [-0.05, 0) is 47.5 Å². The van der Waals surface area contributed by atoms with Crippen LogP contribution in [0, 0.1) is 0 Å². The average molecular weight is 442 g/mol. The molecular weight excluding hydrogens is 414 g/mol. The summed E-state index contributed by atoms with van der Waals surface area (Å²) in [5.74, 6) is 1.36. The summed E-state index contributed by atoms with van der Waals surface area (Å²) in [4.78, 5) is 2.12. The Kier molecular flexibility index (Phi) is 7.59. The van der Waals surface area contributed by atoms with Gasteiger partial charge < -0.3 is 24.6 Å². The summed E-state index contributed by atoms with van der Waals surface area (Å²) in [5, 5.41) is 18.2. The first kappa shape index (κ1) is 22.4. The zero-order valence-corrected chi connectivity index (χ0v) is 18.3. The van der Waals surface area contributed by atoms with E-state index in [4.69, 9.17) is 19.7 Å². The van der Waals surface area contributed by atoms with Crippen LogP contribution in [-0.2, 0) is 0 Å². The zero-order valence-electron chi connectivity index (χ0n) is 18.3. The number of anilines is 3. The lowest BCUT2D eigenvalue weighted by molar-refractivity contribution is 0.201. The number of aliphatic hydroxyl groups is 2. The third-order valence-electron chi connectivity index (χ3n) is 5.10. The van der Waals surface area contributed by atoms with E-state index in [1.165, 1.54) is 0 Å².